The van der Waals surface area contributed by atoms with Crippen molar-refractivity contribution in [1.82, 2.24) is 5.16 Å². The van der Waals surface area contributed by atoms with Crippen LogP contribution in [0.3, 0.4) is 0 Å². The van der Waals surface area contributed by atoms with Gasteiger partial charge in [-0.05, 0) is 60.4 Å². The van der Waals surface area contributed by atoms with Crippen LogP contribution >= 0.6 is 11.6 Å². The normalized spacial score (nSPS) is 10.5. The van der Waals surface area contributed by atoms with Crippen LogP contribution in [-0.2, 0) is 17.6 Å². The quantitative estimate of drug-likeness (QED) is 0.254. The first-order chi connectivity index (χ1) is 17.0. The van der Waals surface area contributed by atoms with Crippen molar-refractivity contribution in [2.75, 3.05) is 6.61 Å². The number of halogens is 1. The van der Waals surface area contributed by atoms with Crippen LogP contribution in [-0.4, -0.2) is 22.8 Å². The summed E-state index contributed by atoms with van der Waals surface area (Å²) in [6.07, 6.45) is 2.75. The van der Waals surface area contributed by atoms with E-state index in [1.165, 1.54) is 5.56 Å². The molecule has 0 aliphatic carbocycles. The summed E-state index contributed by atoms with van der Waals surface area (Å²) >= 11 is 6.22. The number of hydrogen-bond donors (Lipinski definition) is 1. The third kappa shape index (κ3) is 6.34. The Kier molecular flexibility index (Phi) is 9.15. The highest BCUT2D eigenvalue weighted by Crippen LogP contribution is 2.38. The van der Waals surface area contributed by atoms with E-state index < -0.39 is 12.6 Å². The Morgan fingerprint density at radius 2 is 1.74 bits per heavy atom. The van der Waals surface area contributed by atoms with Gasteiger partial charge in [-0.15, -0.1) is 0 Å². The van der Waals surface area contributed by atoms with Gasteiger partial charge in [0.05, 0.1) is 10.4 Å². The lowest BCUT2D eigenvalue weighted by Crippen LogP contribution is -2.09. The second kappa shape index (κ2) is 12.3. The third-order valence-electron chi connectivity index (χ3n) is 5.29. The number of fused-ring (bicyclic) bond motifs is 1. The number of ether oxygens (including phenoxy) is 2. The van der Waals surface area contributed by atoms with Gasteiger partial charge >= 0.3 is 5.97 Å². The van der Waals surface area contributed by atoms with Crippen LogP contribution in [0.5, 0.6) is 17.2 Å². The smallest absolute Gasteiger partial charge is 0.341 e. The van der Waals surface area contributed by atoms with Crippen molar-refractivity contribution in [3.8, 4) is 28.5 Å². The standard InChI is InChI=1S/C26H24ClNO5.C2H6/c1-3-5-17-12-19(32-18-8-6-16(4-2)7-9-18)10-11-20(17)26-21-13-24(31-15-25(29)30)22(27)14-23(21)33-28-26;1-2/h6-14H,3-5,15H2,1-2H3,(H,29,30);1-2H3. The first-order valence-corrected chi connectivity index (χ1v) is 12.2. The van der Waals surface area contributed by atoms with Crippen LogP contribution in [0, 0.1) is 0 Å². The molecule has 0 amide bonds. The molecule has 0 fully saturated rings. The molecule has 1 heterocycles. The van der Waals surface area contributed by atoms with E-state index in [1.807, 2.05) is 44.2 Å². The summed E-state index contributed by atoms with van der Waals surface area (Å²) in [5.74, 6) is 0.710. The average molecular weight is 496 g/mol. The fraction of sp³-hybridized carbons (Fsp3) is 0.286. The van der Waals surface area contributed by atoms with Crippen molar-refractivity contribution >= 4 is 28.5 Å². The van der Waals surface area contributed by atoms with Gasteiger partial charge in [0.15, 0.2) is 12.2 Å². The Hall–Kier alpha value is -3.51. The van der Waals surface area contributed by atoms with Crippen LogP contribution in [0.4, 0.5) is 0 Å². The highest BCUT2D eigenvalue weighted by molar-refractivity contribution is 6.32. The summed E-state index contributed by atoms with van der Waals surface area (Å²) in [6, 6.07) is 17.2. The number of aliphatic carboxylic acids is 1. The van der Waals surface area contributed by atoms with Crippen molar-refractivity contribution in [3.63, 3.8) is 0 Å². The van der Waals surface area contributed by atoms with E-state index in [0.717, 1.165) is 41.9 Å². The zero-order valence-corrected chi connectivity index (χ0v) is 21.2. The van der Waals surface area contributed by atoms with Gasteiger partial charge in [0.2, 0.25) is 0 Å². The van der Waals surface area contributed by atoms with E-state index >= 15 is 0 Å². The van der Waals surface area contributed by atoms with E-state index in [2.05, 4.69) is 31.1 Å². The highest BCUT2D eigenvalue weighted by atomic mass is 35.5. The SMILES string of the molecule is CC.CCCc1cc(Oc2ccc(CC)cc2)ccc1-c1noc2cc(Cl)c(OCC(=O)O)cc12. The van der Waals surface area contributed by atoms with Gasteiger partial charge in [0.25, 0.3) is 0 Å². The van der Waals surface area contributed by atoms with Gasteiger partial charge in [-0.1, -0.05) is 63.0 Å². The van der Waals surface area contributed by atoms with Crippen LogP contribution in [0.25, 0.3) is 22.2 Å². The zero-order valence-electron chi connectivity index (χ0n) is 20.4. The molecule has 0 aliphatic heterocycles. The average Bonchev–Trinajstić information content (AvgIpc) is 3.27. The van der Waals surface area contributed by atoms with Gasteiger partial charge in [-0.2, -0.15) is 0 Å². The number of aryl methyl sites for hydroxylation is 2. The van der Waals surface area contributed by atoms with Gasteiger partial charge in [0.1, 0.15) is 22.9 Å². The maximum atomic E-state index is 10.9. The van der Waals surface area contributed by atoms with E-state index in [4.69, 9.17) is 30.7 Å². The minimum atomic E-state index is -1.08. The molecule has 3 aromatic carbocycles. The maximum Gasteiger partial charge on any atom is 0.341 e. The molecule has 4 aromatic rings. The molecule has 0 atom stereocenters. The molecular weight excluding hydrogens is 466 g/mol. The van der Waals surface area contributed by atoms with Crippen LogP contribution in [0.2, 0.25) is 5.02 Å². The molecule has 0 unspecified atom stereocenters. The maximum absolute atomic E-state index is 10.9. The second-order valence-electron chi connectivity index (χ2n) is 7.66. The number of carboxylic acids is 1. The predicted molar refractivity (Wildman–Crippen MR) is 139 cm³/mol. The molecule has 0 radical (unpaired) electrons. The molecule has 6 nitrogen and oxygen atoms in total. The van der Waals surface area contributed by atoms with Gasteiger partial charge in [-0.25, -0.2) is 4.79 Å². The monoisotopic (exact) mass is 495 g/mol. The van der Waals surface area contributed by atoms with Crippen LogP contribution in [0.15, 0.2) is 59.1 Å². The summed E-state index contributed by atoms with van der Waals surface area (Å²) in [6.45, 7) is 7.74. The first kappa shape index (κ1) is 26.1. The molecular formula is C28H30ClNO5. The van der Waals surface area contributed by atoms with Gasteiger partial charge < -0.3 is 19.1 Å². The first-order valence-electron chi connectivity index (χ1n) is 11.8. The van der Waals surface area contributed by atoms with E-state index in [-0.39, 0.29) is 10.8 Å². The molecule has 7 heteroatoms. The van der Waals surface area contributed by atoms with E-state index in [0.29, 0.717) is 16.7 Å². The fourth-order valence-corrected chi connectivity index (χ4v) is 3.86. The summed E-state index contributed by atoms with van der Waals surface area (Å²) in [4.78, 5) is 10.9. The predicted octanol–water partition coefficient (Wildman–Crippen LogP) is 7.95. The molecule has 1 aromatic heterocycles. The van der Waals surface area contributed by atoms with E-state index in [1.54, 1.807) is 12.1 Å². The van der Waals surface area contributed by atoms with Gasteiger partial charge in [0, 0.05) is 11.6 Å². The summed E-state index contributed by atoms with van der Waals surface area (Å²) < 4.78 is 16.9. The molecule has 0 aliphatic rings. The Morgan fingerprint density at radius 1 is 1.03 bits per heavy atom. The van der Waals surface area contributed by atoms with Crippen molar-refractivity contribution in [2.45, 2.75) is 47.0 Å². The number of aromatic nitrogens is 1. The van der Waals surface area contributed by atoms with Gasteiger partial charge in [-0.3, -0.25) is 0 Å². The number of rotatable bonds is 9. The summed E-state index contributed by atoms with van der Waals surface area (Å²) in [5, 5.41) is 14.1. The second-order valence-corrected chi connectivity index (χ2v) is 8.07. The number of benzene rings is 3. The highest BCUT2D eigenvalue weighted by Gasteiger charge is 2.18. The Bertz CT molecular complexity index is 1280. The summed E-state index contributed by atoms with van der Waals surface area (Å²) in [7, 11) is 0. The van der Waals surface area contributed by atoms with Crippen molar-refractivity contribution < 1.29 is 23.9 Å². The largest absolute Gasteiger partial charge is 0.480 e. The van der Waals surface area contributed by atoms with Crippen molar-refractivity contribution in [3.05, 3.63) is 70.7 Å². The molecule has 1 N–H and O–H groups in total. The molecule has 0 saturated heterocycles. The molecule has 4 rings (SSSR count). The minimum Gasteiger partial charge on any atom is -0.480 e. The number of nitrogens with zero attached hydrogens (tertiary/aromatic N) is 1. The number of carbonyl (C=O) groups is 1. The van der Waals surface area contributed by atoms with Crippen LogP contribution in [0.1, 0.15) is 45.2 Å². The Morgan fingerprint density at radius 3 is 2.40 bits per heavy atom. The lowest BCUT2D eigenvalue weighted by Gasteiger charge is -2.12. The van der Waals surface area contributed by atoms with Crippen molar-refractivity contribution in [1.29, 1.82) is 0 Å². The third-order valence-corrected chi connectivity index (χ3v) is 5.59. The lowest BCUT2D eigenvalue weighted by molar-refractivity contribution is -0.139. The summed E-state index contributed by atoms with van der Waals surface area (Å²) in [5.41, 5.74) is 4.38. The molecule has 35 heavy (non-hydrogen) atoms. The Balaban J connectivity index is 0.00000167. The molecule has 0 saturated carbocycles. The molecule has 0 spiro atoms. The zero-order chi connectivity index (χ0) is 25.4. The van der Waals surface area contributed by atoms with Crippen molar-refractivity contribution in [2.24, 2.45) is 0 Å². The van der Waals surface area contributed by atoms with Crippen LogP contribution < -0.4 is 9.47 Å². The topological polar surface area (TPSA) is 81.8 Å². The fourth-order valence-electron chi connectivity index (χ4n) is 3.65. The minimum absolute atomic E-state index is 0.262. The number of hydrogen-bond acceptors (Lipinski definition) is 5. The molecule has 0 bridgehead atoms. The molecule has 184 valence electrons. The number of carboxylic acid groups (broad SMARTS) is 1. The lowest BCUT2D eigenvalue weighted by atomic mass is 9.98. The Labute approximate surface area is 210 Å². The van der Waals surface area contributed by atoms with E-state index in [9.17, 15) is 4.79 Å².